The van der Waals surface area contributed by atoms with E-state index in [2.05, 4.69) is 10.6 Å². The van der Waals surface area contributed by atoms with Crippen LogP contribution in [-0.2, 0) is 4.79 Å². The maximum Gasteiger partial charge on any atom is 0.251 e. The van der Waals surface area contributed by atoms with Crippen LogP contribution in [-0.4, -0.2) is 30.5 Å². The molecular formula is C12H16N2O3. The lowest BCUT2D eigenvalue weighted by Crippen LogP contribution is -2.29. The molecule has 0 spiro atoms. The van der Waals surface area contributed by atoms with E-state index < -0.39 is 0 Å². The lowest BCUT2D eigenvalue weighted by Gasteiger charge is -2.06. The molecule has 0 radical (unpaired) electrons. The lowest BCUT2D eigenvalue weighted by atomic mass is 10.1. The molecule has 92 valence electrons. The second-order valence-electron chi connectivity index (χ2n) is 3.68. The average Bonchev–Trinajstić information content (AvgIpc) is 2.32. The molecule has 0 unspecified atom stereocenters. The summed E-state index contributed by atoms with van der Waals surface area (Å²) in [6.45, 7) is 2.02. The van der Waals surface area contributed by atoms with Gasteiger partial charge in [0, 0.05) is 25.6 Å². The molecule has 0 aromatic heterocycles. The van der Waals surface area contributed by atoms with Gasteiger partial charge in [0.15, 0.2) is 0 Å². The largest absolute Gasteiger partial charge is 0.508 e. The number of rotatable bonds is 4. The van der Waals surface area contributed by atoms with E-state index in [1.165, 1.54) is 6.07 Å². The summed E-state index contributed by atoms with van der Waals surface area (Å²) in [4.78, 5) is 22.6. The smallest absolute Gasteiger partial charge is 0.251 e. The number of hydrogen-bond acceptors (Lipinski definition) is 3. The van der Waals surface area contributed by atoms with Gasteiger partial charge in [-0.3, -0.25) is 9.59 Å². The zero-order chi connectivity index (χ0) is 12.8. The van der Waals surface area contributed by atoms with Crippen molar-refractivity contribution in [3.63, 3.8) is 0 Å². The van der Waals surface area contributed by atoms with Crippen molar-refractivity contribution in [2.45, 2.75) is 13.3 Å². The zero-order valence-electron chi connectivity index (χ0n) is 9.91. The summed E-state index contributed by atoms with van der Waals surface area (Å²) in [5.74, 6) is -0.342. The Morgan fingerprint density at radius 1 is 1.35 bits per heavy atom. The Morgan fingerprint density at radius 2 is 2.06 bits per heavy atom. The molecule has 17 heavy (non-hydrogen) atoms. The Hall–Kier alpha value is -2.04. The van der Waals surface area contributed by atoms with Crippen molar-refractivity contribution < 1.29 is 14.7 Å². The molecule has 3 N–H and O–H groups in total. The summed E-state index contributed by atoms with van der Waals surface area (Å²) in [5.41, 5.74) is 1.09. The first kappa shape index (κ1) is 13.0. The van der Waals surface area contributed by atoms with Gasteiger partial charge >= 0.3 is 0 Å². The molecule has 0 saturated heterocycles. The number of amides is 2. The summed E-state index contributed by atoms with van der Waals surface area (Å²) >= 11 is 0. The van der Waals surface area contributed by atoms with Gasteiger partial charge in [0.1, 0.15) is 5.75 Å². The third kappa shape index (κ3) is 3.79. The van der Waals surface area contributed by atoms with E-state index in [4.69, 9.17) is 0 Å². The van der Waals surface area contributed by atoms with Gasteiger partial charge < -0.3 is 15.7 Å². The molecule has 1 aromatic rings. The van der Waals surface area contributed by atoms with Crippen molar-refractivity contribution in [1.29, 1.82) is 0 Å². The van der Waals surface area contributed by atoms with Crippen LogP contribution >= 0.6 is 0 Å². The minimum atomic E-state index is -0.302. The van der Waals surface area contributed by atoms with Gasteiger partial charge in [-0.2, -0.15) is 0 Å². The standard InChI is InChI=1S/C12H16N2O3/c1-8-3-4-9(7-10(8)15)12(17)14-6-5-11(16)13-2/h3-4,7,15H,5-6H2,1-2H3,(H,13,16)(H,14,17). The van der Waals surface area contributed by atoms with Crippen molar-refractivity contribution in [3.8, 4) is 5.75 Å². The summed E-state index contributed by atoms with van der Waals surface area (Å²) in [6.07, 6.45) is 0.236. The molecule has 1 rings (SSSR count). The van der Waals surface area contributed by atoms with Crippen LogP contribution in [0.25, 0.3) is 0 Å². The topological polar surface area (TPSA) is 78.4 Å². The molecule has 5 nitrogen and oxygen atoms in total. The number of aromatic hydroxyl groups is 1. The molecule has 1 aromatic carbocycles. The SMILES string of the molecule is CNC(=O)CCNC(=O)c1ccc(C)c(O)c1. The van der Waals surface area contributed by atoms with Crippen LogP contribution in [0.2, 0.25) is 0 Å². The second kappa shape index (κ2) is 5.89. The van der Waals surface area contributed by atoms with Crippen molar-refractivity contribution in [3.05, 3.63) is 29.3 Å². The molecule has 0 bridgehead atoms. The van der Waals surface area contributed by atoms with Gasteiger partial charge in [0.25, 0.3) is 5.91 Å². The molecule has 0 aliphatic rings. The highest BCUT2D eigenvalue weighted by Gasteiger charge is 2.07. The molecule has 0 heterocycles. The Bertz CT molecular complexity index is 430. The first-order valence-electron chi connectivity index (χ1n) is 5.33. The number of carbonyl (C=O) groups excluding carboxylic acids is 2. The van der Waals surface area contributed by atoms with Crippen LogP contribution in [0.4, 0.5) is 0 Å². The van der Waals surface area contributed by atoms with Crippen molar-refractivity contribution in [2.75, 3.05) is 13.6 Å². The molecule has 0 fully saturated rings. The minimum Gasteiger partial charge on any atom is -0.508 e. The van der Waals surface area contributed by atoms with Gasteiger partial charge in [-0.25, -0.2) is 0 Å². The highest BCUT2D eigenvalue weighted by molar-refractivity contribution is 5.94. The Morgan fingerprint density at radius 3 is 2.65 bits per heavy atom. The Balaban J connectivity index is 2.52. The summed E-state index contributed by atoms with van der Waals surface area (Å²) < 4.78 is 0. The third-order valence-corrected chi connectivity index (χ3v) is 2.39. The fraction of sp³-hybridized carbons (Fsp3) is 0.333. The maximum absolute atomic E-state index is 11.6. The Labute approximate surface area is 99.8 Å². The monoisotopic (exact) mass is 236 g/mol. The fourth-order valence-electron chi connectivity index (χ4n) is 1.27. The summed E-state index contributed by atoms with van der Waals surface area (Å²) in [6, 6.07) is 4.71. The van der Waals surface area contributed by atoms with Gasteiger partial charge in [-0.15, -0.1) is 0 Å². The predicted octanol–water partition coefficient (Wildman–Crippen LogP) is 0.567. The number of carbonyl (C=O) groups is 2. The van der Waals surface area contributed by atoms with E-state index in [1.807, 2.05) is 0 Å². The quantitative estimate of drug-likeness (QED) is 0.715. The van der Waals surface area contributed by atoms with Crippen molar-refractivity contribution >= 4 is 11.8 Å². The first-order valence-corrected chi connectivity index (χ1v) is 5.33. The Kier molecular flexibility index (Phi) is 4.51. The molecule has 0 atom stereocenters. The van der Waals surface area contributed by atoms with Crippen LogP contribution in [0.15, 0.2) is 18.2 Å². The third-order valence-electron chi connectivity index (χ3n) is 2.39. The van der Waals surface area contributed by atoms with E-state index in [-0.39, 0.29) is 30.5 Å². The van der Waals surface area contributed by atoms with E-state index in [0.29, 0.717) is 11.1 Å². The zero-order valence-corrected chi connectivity index (χ0v) is 9.91. The summed E-state index contributed by atoms with van der Waals surface area (Å²) in [7, 11) is 1.54. The average molecular weight is 236 g/mol. The molecule has 0 aliphatic heterocycles. The van der Waals surface area contributed by atoms with Crippen molar-refractivity contribution in [1.82, 2.24) is 10.6 Å². The van der Waals surface area contributed by atoms with E-state index in [1.54, 1.807) is 26.1 Å². The number of phenols is 1. The fourth-order valence-corrected chi connectivity index (χ4v) is 1.27. The maximum atomic E-state index is 11.6. The van der Waals surface area contributed by atoms with E-state index >= 15 is 0 Å². The van der Waals surface area contributed by atoms with Crippen molar-refractivity contribution in [2.24, 2.45) is 0 Å². The van der Waals surface area contributed by atoms with Gasteiger partial charge in [0.05, 0.1) is 0 Å². The van der Waals surface area contributed by atoms with Crippen LogP contribution in [0.3, 0.4) is 0 Å². The number of phenolic OH excluding ortho intramolecular Hbond substituents is 1. The second-order valence-corrected chi connectivity index (χ2v) is 3.68. The molecule has 2 amide bonds. The van der Waals surface area contributed by atoms with Crippen LogP contribution in [0, 0.1) is 6.92 Å². The molecule has 0 aliphatic carbocycles. The predicted molar refractivity (Wildman–Crippen MR) is 63.9 cm³/mol. The highest BCUT2D eigenvalue weighted by Crippen LogP contribution is 2.17. The first-order chi connectivity index (χ1) is 8.04. The van der Waals surface area contributed by atoms with E-state index in [0.717, 1.165) is 0 Å². The van der Waals surface area contributed by atoms with Gasteiger partial charge in [0.2, 0.25) is 5.91 Å². The van der Waals surface area contributed by atoms with Crippen LogP contribution < -0.4 is 10.6 Å². The normalized spacial score (nSPS) is 9.76. The molecular weight excluding hydrogens is 220 g/mol. The molecule has 0 saturated carbocycles. The minimum absolute atomic E-state index is 0.0870. The van der Waals surface area contributed by atoms with Gasteiger partial charge in [-0.1, -0.05) is 6.07 Å². The lowest BCUT2D eigenvalue weighted by molar-refractivity contribution is -0.120. The number of hydrogen-bond donors (Lipinski definition) is 3. The van der Waals surface area contributed by atoms with E-state index in [9.17, 15) is 14.7 Å². The van der Waals surface area contributed by atoms with Gasteiger partial charge in [-0.05, 0) is 24.6 Å². The van der Waals surface area contributed by atoms with Crippen LogP contribution in [0.1, 0.15) is 22.3 Å². The highest BCUT2D eigenvalue weighted by atomic mass is 16.3. The number of benzene rings is 1. The van der Waals surface area contributed by atoms with Crippen LogP contribution in [0.5, 0.6) is 5.75 Å². The molecule has 5 heteroatoms. The number of aryl methyl sites for hydroxylation is 1. The summed E-state index contributed by atoms with van der Waals surface area (Å²) in [5, 5.41) is 14.5. The number of nitrogens with one attached hydrogen (secondary N) is 2.